The number of rotatable bonds is 11. The van der Waals surface area contributed by atoms with Crippen molar-refractivity contribution in [1.82, 2.24) is 10.2 Å². The van der Waals surface area contributed by atoms with Crippen LogP contribution in [0.1, 0.15) is 76.1 Å². The number of ether oxygens (including phenoxy) is 1. The number of carbonyl (C=O) groups is 2. The van der Waals surface area contributed by atoms with E-state index >= 15 is 0 Å². The first-order chi connectivity index (χ1) is 21.9. The van der Waals surface area contributed by atoms with Gasteiger partial charge in [0.2, 0.25) is 15.7 Å². The second-order valence-corrected chi connectivity index (χ2v) is 16.0. The molecule has 2 bridgehead atoms. The van der Waals surface area contributed by atoms with Crippen molar-refractivity contribution in [1.29, 1.82) is 0 Å². The number of para-hydroxylation sites is 1. The number of hydrogen-bond acceptors (Lipinski definition) is 8. The van der Waals surface area contributed by atoms with Crippen LogP contribution in [0.4, 0.5) is 0 Å². The van der Waals surface area contributed by atoms with Crippen LogP contribution in [0.2, 0.25) is 0 Å². The number of benzene rings is 2. The van der Waals surface area contributed by atoms with Crippen molar-refractivity contribution in [2.45, 2.75) is 99.2 Å². The van der Waals surface area contributed by atoms with E-state index in [1.54, 1.807) is 35.2 Å². The van der Waals surface area contributed by atoms with Crippen LogP contribution in [0.3, 0.4) is 0 Å². The molecule has 46 heavy (non-hydrogen) atoms. The summed E-state index contributed by atoms with van der Waals surface area (Å²) in [5, 5.41) is 3.21. The van der Waals surface area contributed by atoms with Crippen LogP contribution in [0.5, 0.6) is 5.75 Å². The van der Waals surface area contributed by atoms with Gasteiger partial charge in [-0.25, -0.2) is 8.42 Å². The summed E-state index contributed by atoms with van der Waals surface area (Å²) >= 11 is 0. The van der Waals surface area contributed by atoms with Crippen molar-refractivity contribution in [3.8, 4) is 5.75 Å². The van der Waals surface area contributed by atoms with Crippen molar-refractivity contribution in [2.75, 3.05) is 20.2 Å². The first-order valence-corrected chi connectivity index (χ1v) is 18.0. The highest BCUT2D eigenvalue weighted by molar-refractivity contribution is 7.91. The minimum atomic E-state index is -3.96. The van der Waals surface area contributed by atoms with Gasteiger partial charge >= 0.3 is 7.12 Å². The molecule has 3 saturated carbocycles. The second kappa shape index (κ2) is 12.6. The minimum Gasteiger partial charge on any atom is -0.495 e. The van der Waals surface area contributed by atoms with Gasteiger partial charge in [0, 0.05) is 12.1 Å². The summed E-state index contributed by atoms with van der Waals surface area (Å²) in [6.07, 6.45) is 5.54. The Labute approximate surface area is 272 Å². The summed E-state index contributed by atoms with van der Waals surface area (Å²) in [6.45, 7) is 7.76. The third-order valence-corrected chi connectivity index (χ3v) is 13.0. The Morgan fingerprint density at radius 3 is 2.65 bits per heavy atom. The van der Waals surface area contributed by atoms with Crippen LogP contribution in [0.25, 0.3) is 0 Å². The average molecular weight is 652 g/mol. The summed E-state index contributed by atoms with van der Waals surface area (Å²) in [5.74, 6) is 0.222. The molecule has 5 fully saturated rings. The minimum absolute atomic E-state index is 0.00727. The summed E-state index contributed by atoms with van der Waals surface area (Å²) < 4.78 is 45.6. The first-order valence-electron chi connectivity index (χ1n) is 16.5. The van der Waals surface area contributed by atoms with E-state index in [9.17, 15) is 18.0 Å². The molecule has 2 saturated heterocycles. The molecule has 0 unspecified atom stereocenters. The lowest BCUT2D eigenvalue weighted by molar-refractivity contribution is -0.199. The summed E-state index contributed by atoms with van der Waals surface area (Å²) in [7, 11) is -3.12. The Morgan fingerprint density at radius 2 is 1.91 bits per heavy atom. The summed E-state index contributed by atoms with van der Waals surface area (Å²) in [5.41, 5.74) is 5.80. The smallest absolute Gasteiger partial charge is 0.481 e. The van der Waals surface area contributed by atoms with Crippen LogP contribution >= 0.6 is 0 Å². The topological polar surface area (TPSA) is 137 Å². The quantitative estimate of drug-likeness (QED) is 0.275. The van der Waals surface area contributed by atoms with Gasteiger partial charge in [-0.15, -0.1) is 0 Å². The fourth-order valence-electron chi connectivity index (χ4n) is 8.35. The van der Waals surface area contributed by atoms with Crippen molar-refractivity contribution in [3.05, 3.63) is 54.1 Å². The van der Waals surface area contributed by atoms with Crippen LogP contribution in [0, 0.1) is 17.3 Å². The number of carbonyl (C=O) groups excluding carboxylic acids is 2. The predicted octanol–water partition coefficient (Wildman–Crippen LogP) is 4.01. The standard InChI is InChI=1S/C34H46BN3O7S/c1-33(2)23-20-28(33)34(3)29(21-23)44-35(45-34)30(16-7-8-17-36)37-31(39)25-13-10-18-38(25)32(40)22-11-9-12-24(19-22)46(41,42)27-15-6-5-14-26(27)43-4/h5-6,9,11-12,14-15,19,23,25,28-30H,7-8,10,13,16-18,20-21,36H2,1-4H3,(H,37,39)/t23-,25-,28-,29+,30-,34-/m0/s1. The van der Waals surface area contributed by atoms with Gasteiger partial charge < -0.3 is 30.0 Å². The maximum absolute atomic E-state index is 13.9. The first kappa shape index (κ1) is 33.0. The Balaban J connectivity index is 1.18. The van der Waals surface area contributed by atoms with Crippen molar-refractivity contribution < 1.29 is 32.1 Å². The van der Waals surface area contributed by atoms with Gasteiger partial charge in [0.25, 0.3) is 5.91 Å². The number of nitrogens with two attached hydrogens (primary N) is 1. The number of unbranched alkanes of at least 4 members (excludes halogenated alkanes) is 1. The Bertz CT molecular complexity index is 1590. The van der Waals surface area contributed by atoms with Gasteiger partial charge in [-0.05, 0) is 99.6 Å². The zero-order valence-electron chi connectivity index (χ0n) is 27.2. The molecule has 2 aliphatic heterocycles. The molecule has 0 aromatic heterocycles. The maximum atomic E-state index is 13.9. The third kappa shape index (κ3) is 5.65. The van der Waals surface area contributed by atoms with E-state index in [0.29, 0.717) is 44.2 Å². The Kier molecular flexibility index (Phi) is 9.03. The third-order valence-electron chi connectivity index (χ3n) is 11.2. The molecule has 12 heteroatoms. The van der Waals surface area contributed by atoms with E-state index in [1.807, 2.05) is 0 Å². The lowest BCUT2D eigenvalue weighted by Crippen LogP contribution is -2.65. The van der Waals surface area contributed by atoms with Gasteiger partial charge in [0.05, 0.1) is 29.7 Å². The molecular weight excluding hydrogens is 605 g/mol. The van der Waals surface area contributed by atoms with Crippen molar-refractivity contribution in [3.63, 3.8) is 0 Å². The number of methoxy groups -OCH3 is 1. The molecule has 2 amide bonds. The van der Waals surface area contributed by atoms with Gasteiger partial charge in [-0.3, -0.25) is 9.59 Å². The monoisotopic (exact) mass is 651 g/mol. The molecule has 5 aliphatic rings. The maximum Gasteiger partial charge on any atom is 0.481 e. The lowest BCUT2D eigenvalue weighted by atomic mass is 9.43. The van der Waals surface area contributed by atoms with E-state index in [2.05, 4.69) is 26.1 Å². The normalized spacial score (nSPS) is 28.7. The molecule has 0 spiro atoms. The van der Waals surface area contributed by atoms with Gasteiger partial charge in [-0.2, -0.15) is 0 Å². The van der Waals surface area contributed by atoms with E-state index < -0.39 is 28.6 Å². The second-order valence-electron chi connectivity index (χ2n) is 14.1. The zero-order valence-corrected chi connectivity index (χ0v) is 28.1. The predicted molar refractivity (Wildman–Crippen MR) is 174 cm³/mol. The van der Waals surface area contributed by atoms with E-state index in [0.717, 1.165) is 25.7 Å². The highest BCUT2D eigenvalue weighted by Crippen LogP contribution is 2.65. The molecule has 2 heterocycles. The largest absolute Gasteiger partial charge is 0.495 e. The molecule has 2 aromatic rings. The number of nitrogens with one attached hydrogen (secondary N) is 1. The van der Waals surface area contributed by atoms with Crippen LogP contribution in [-0.2, 0) is 23.9 Å². The highest BCUT2D eigenvalue weighted by Gasteiger charge is 2.68. The molecule has 3 N–H and O–H groups in total. The van der Waals surface area contributed by atoms with Crippen LogP contribution in [-0.4, -0.2) is 76.1 Å². The fourth-order valence-corrected chi connectivity index (χ4v) is 9.81. The number of amides is 2. The number of nitrogens with zero attached hydrogens (tertiary/aromatic N) is 1. The Morgan fingerprint density at radius 1 is 1.13 bits per heavy atom. The molecule has 0 radical (unpaired) electrons. The van der Waals surface area contributed by atoms with Crippen molar-refractivity contribution in [2.24, 2.45) is 23.0 Å². The van der Waals surface area contributed by atoms with Crippen LogP contribution < -0.4 is 15.8 Å². The molecule has 10 nitrogen and oxygen atoms in total. The molecular formula is C34H46BN3O7S. The lowest BCUT2D eigenvalue weighted by Gasteiger charge is -2.64. The number of likely N-dealkylation sites (tertiary alicyclic amines) is 1. The highest BCUT2D eigenvalue weighted by atomic mass is 32.2. The summed E-state index contributed by atoms with van der Waals surface area (Å²) in [4.78, 5) is 29.3. The van der Waals surface area contributed by atoms with Crippen LogP contribution in [0.15, 0.2) is 58.3 Å². The van der Waals surface area contributed by atoms with Crippen molar-refractivity contribution >= 4 is 28.8 Å². The van der Waals surface area contributed by atoms with Gasteiger partial charge in [0.15, 0.2) is 0 Å². The van der Waals surface area contributed by atoms with Gasteiger partial charge in [0.1, 0.15) is 16.7 Å². The summed E-state index contributed by atoms with van der Waals surface area (Å²) in [6, 6.07) is 11.7. The number of hydrogen-bond donors (Lipinski definition) is 2. The van der Waals surface area contributed by atoms with Gasteiger partial charge in [-0.1, -0.05) is 38.5 Å². The average Bonchev–Trinajstić information content (AvgIpc) is 3.68. The fraction of sp³-hybridized carbons (Fsp3) is 0.588. The molecule has 6 atom stereocenters. The number of sulfone groups is 1. The molecule has 248 valence electrons. The Hall–Kier alpha value is -2.93. The SMILES string of the molecule is COc1ccccc1S(=O)(=O)c1cccc(C(=O)N2CCC[C@H]2C(=O)N[C@@H](CCCCN)B2O[C@@H]3C[C@@H]4C[C@@H](C4(C)C)[C@]3(C)O2)c1. The molecule has 3 aliphatic carbocycles. The van der Waals surface area contributed by atoms with E-state index in [4.69, 9.17) is 19.8 Å². The van der Waals surface area contributed by atoms with E-state index in [1.165, 1.54) is 25.3 Å². The van der Waals surface area contributed by atoms with E-state index in [-0.39, 0.29) is 50.4 Å². The zero-order chi connectivity index (χ0) is 32.9. The molecule has 2 aromatic carbocycles. The molecule has 7 rings (SSSR count).